The van der Waals surface area contributed by atoms with Crippen LogP contribution in [0.15, 0.2) is 53.7 Å². The molecular weight excluding hydrogens is 356 g/mol. The van der Waals surface area contributed by atoms with Gasteiger partial charge in [0, 0.05) is 25.9 Å². The van der Waals surface area contributed by atoms with Gasteiger partial charge in [0.1, 0.15) is 0 Å². The summed E-state index contributed by atoms with van der Waals surface area (Å²) in [5.74, 6) is 1.31. The third-order valence-electron chi connectivity index (χ3n) is 4.29. The Hall–Kier alpha value is -3.28. The Bertz CT molecular complexity index is 864. The number of likely N-dealkylation sites (N-methyl/N-ethyl adjacent to an activating group) is 1. The van der Waals surface area contributed by atoms with E-state index in [1.807, 2.05) is 43.5 Å². The van der Waals surface area contributed by atoms with E-state index < -0.39 is 0 Å². The van der Waals surface area contributed by atoms with Crippen molar-refractivity contribution in [1.29, 1.82) is 0 Å². The first kappa shape index (κ1) is 21.0. The zero-order chi connectivity index (χ0) is 20.7. The Morgan fingerprint density at radius 2 is 1.54 bits per heavy atom. The molecule has 2 aromatic rings. The van der Waals surface area contributed by atoms with Gasteiger partial charge in [-0.25, -0.2) is 0 Å². The van der Waals surface area contributed by atoms with Crippen LogP contribution in [-0.2, 0) is 0 Å². The topological polar surface area (TPSA) is 60.4 Å². The molecule has 0 saturated heterocycles. The molecule has 0 aliphatic heterocycles. The van der Waals surface area contributed by atoms with Crippen molar-refractivity contribution in [1.82, 2.24) is 4.90 Å². The van der Waals surface area contributed by atoms with E-state index in [1.54, 1.807) is 31.1 Å². The van der Waals surface area contributed by atoms with E-state index in [1.165, 1.54) is 21.3 Å². The van der Waals surface area contributed by atoms with Crippen LogP contribution in [0.5, 0.6) is 17.2 Å². The van der Waals surface area contributed by atoms with Gasteiger partial charge < -0.3 is 19.1 Å². The van der Waals surface area contributed by atoms with Crippen molar-refractivity contribution in [2.75, 3.05) is 35.4 Å². The summed E-state index contributed by atoms with van der Waals surface area (Å²) in [6.45, 7) is 1.99. The molecule has 0 heterocycles. The number of rotatable bonds is 7. The highest BCUT2D eigenvalue weighted by Gasteiger charge is 2.22. The van der Waals surface area contributed by atoms with E-state index >= 15 is 0 Å². The number of amidine groups is 1. The minimum atomic E-state index is -0.249. The number of Topliss-reactive ketones (excluding diaryl/α,β-unsaturated/α-hetero) is 1. The first-order chi connectivity index (χ1) is 13.5. The molecule has 0 atom stereocenters. The Labute approximate surface area is 166 Å². The lowest BCUT2D eigenvalue weighted by Crippen LogP contribution is -2.30. The van der Waals surface area contributed by atoms with Crippen molar-refractivity contribution in [2.45, 2.75) is 6.92 Å². The molecule has 0 bridgehead atoms. The molecular formula is C22H26N2O4. The van der Waals surface area contributed by atoms with Gasteiger partial charge in [0.15, 0.2) is 17.3 Å². The Morgan fingerprint density at radius 1 is 0.964 bits per heavy atom. The maximum absolute atomic E-state index is 13.1. The number of hydrogen-bond donors (Lipinski definition) is 0. The molecule has 0 saturated carbocycles. The Morgan fingerprint density at radius 3 is 2.00 bits per heavy atom. The van der Waals surface area contributed by atoms with Crippen LogP contribution < -0.4 is 14.2 Å². The highest BCUT2D eigenvalue weighted by molar-refractivity contribution is 6.45. The third-order valence-corrected chi connectivity index (χ3v) is 4.29. The lowest BCUT2D eigenvalue weighted by molar-refractivity contribution is 0.105. The standard InChI is InChI=1S/C22H26N2O4/c1-15(16-10-8-7-9-11-16)14-24(3)22(23-2)20(25)17-12-18(26-4)21(28-6)19(13-17)27-5/h7-14H,1-6H3/b15-14+,23-22+. The van der Waals surface area contributed by atoms with Gasteiger partial charge in [0.05, 0.1) is 21.3 Å². The van der Waals surface area contributed by atoms with Crippen LogP contribution in [0, 0.1) is 0 Å². The van der Waals surface area contributed by atoms with Gasteiger partial charge in [-0.2, -0.15) is 0 Å². The van der Waals surface area contributed by atoms with Crippen LogP contribution in [0.1, 0.15) is 22.8 Å². The van der Waals surface area contributed by atoms with E-state index in [2.05, 4.69) is 4.99 Å². The maximum Gasteiger partial charge on any atom is 0.228 e. The normalized spacial score (nSPS) is 11.8. The Kier molecular flexibility index (Phi) is 7.21. The van der Waals surface area contributed by atoms with E-state index in [-0.39, 0.29) is 5.78 Å². The predicted molar refractivity (Wildman–Crippen MR) is 112 cm³/mol. The molecule has 2 aromatic carbocycles. The van der Waals surface area contributed by atoms with E-state index in [0.29, 0.717) is 28.6 Å². The van der Waals surface area contributed by atoms with E-state index in [4.69, 9.17) is 14.2 Å². The fraction of sp³-hybridized carbons (Fsp3) is 0.273. The molecule has 0 aromatic heterocycles. The van der Waals surface area contributed by atoms with Gasteiger partial charge in [-0.05, 0) is 30.2 Å². The SMILES string of the molecule is C/N=C(\C(=O)c1cc(OC)c(OC)c(OC)c1)N(C)/C=C(\C)c1ccccc1. The molecule has 28 heavy (non-hydrogen) atoms. The first-order valence-corrected chi connectivity index (χ1v) is 8.75. The molecule has 0 spiro atoms. The molecule has 0 aliphatic carbocycles. The van der Waals surface area contributed by atoms with E-state index in [9.17, 15) is 4.79 Å². The number of carbonyl (C=O) groups excluding carboxylic acids is 1. The van der Waals surface area contributed by atoms with E-state index in [0.717, 1.165) is 11.1 Å². The van der Waals surface area contributed by atoms with Crippen molar-refractivity contribution in [3.05, 3.63) is 59.8 Å². The second-order valence-corrected chi connectivity index (χ2v) is 6.08. The molecule has 0 fully saturated rings. The number of benzene rings is 2. The summed E-state index contributed by atoms with van der Waals surface area (Å²) in [6, 6.07) is 13.2. The summed E-state index contributed by atoms with van der Waals surface area (Å²) in [7, 11) is 7.93. The van der Waals surface area contributed by atoms with Crippen LogP contribution in [0.2, 0.25) is 0 Å². The summed E-state index contributed by atoms with van der Waals surface area (Å²) in [6.07, 6.45) is 1.88. The summed E-state index contributed by atoms with van der Waals surface area (Å²) >= 11 is 0. The predicted octanol–water partition coefficient (Wildman–Crippen LogP) is 3.92. The average molecular weight is 382 g/mol. The first-order valence-electron chi connectivity index (χ1n) is 8.75. The number of hydrogen-bond acceptors (Lipinski definition) is 5. The maximum atomic E-state index is 13.1. The second kappa shape index (κ2) is 9.60. The molecule has 0 radical (unpaired) electrons. The fourth-order valence-corrected chi connectivity index (χ4v) is 2.89. The molecule has 6 heteroatoms. The summed E-state index contributed by atoms with van der Waals surface area (Å²) in [4.78, 5) is 19.0. The monoisotopic (exact) mass is 382 g/mol. The summed E-state index contributed by atoms with van der Waals surface area (Å²) < 4.78 is 16.0. The minimum Gasteiger partial charge on any atom is -0.493 e. The summed E-state index contributed by atoms with van der Waals surface area (Å²) in [5.41, 5.74) is 2.49. The molecule has 2 rings (SSSR count). The van der Waals surface area contributed by atoms with Crippen LogP contribution in [-0.4, -0.2) is 51.9 Å². The van der Waals surface area contributed by atoms with Crippen LogP contribution in [0.25, 0.3) is 5.57 Å². The number of nitrogens with zero attached hydrogens (tertiary/aromatic N) is 2. The minimum absolute atomic E-state index is 0.249. The van der Waals surface area contributed by atoms with Crippen LogP contribution in [0.3, 0.4) is 0 Å². The third kappa shape index (κ3) is 4.52. The number of methoxy groups -OCH3 is 3. The van der Waals surface area contributed by atoms with Gasteiger partial charge in [-0.15, -0.1) is 0 Å². The quantitative estimate of drug-likeness (QED) is 0.413. The number of ketones is 1. The highest BCUT2D eigenvalue weighted by Crippen LogP contribution is 2.38. The zero-order valence-electron chi connectivity index (χ0n) is 17.1. The lowest BCUT2D eigenvalue weighted by Gasteiger charge is -2.19. The molecule has 0 amide bonds. The summed E-state index contributed by atoms with van der Waals surface area (Å²) in [5, 5.41) is 0. The average Bonchev–Trinajstić information content (AvgIpc) is 2.73. The van der Waals surface area contributed by atoms with Crippen molar-refractivity contribution in [3.63, 3.8) is 0 Å². The van der Waals surface area contributed by atoms with Crippen molar-refractivity contribution in [2.24, 2.45) is 4.99 Å². The Balaban J connectivity index is 2.38. The molecule has 0 unspecified atom stereocenters. The van der Waals surface area contributed by atoms with Gasteiger partial charge in [-0.1, -0.05) is 30.3 Å². The largest absolute Gasteiger partial charge is 0.493 e. The van der Waals surface area contributed by atoms with Crippen molar-refractivity contribution in [3.8, 4) is 17.2 Å². The smallest absolute Gasteiger partial charge is 0.228 e. The number of aliphatic imine (C=N–C) groups is 1. The van der Waals surface area contributed by atoms with Gasteiger partial charge in [0.2, 0.25) is 11.5 Å². The van der Waals surface area contributed by atoms with Crippen molar-refractivity contribution >= 4 is 17.2 Å². The number of allylic oxidation sites excluding steroid dienone is 1. The van der Waals surface area contributed by atoms with Gasteiger partial charge in [0.25, 0.3) is 0 Å². The number of carbonyl (C=O) groups is 1. The zero-order valence-corrected chi connectivity index (χ0v) is 17.1. The molecule has 148 valence electrons. The van der Waals surface area contributed by atoms with Crippen molar-refractivity contribution < 1.29 is 19.0 Å². The van der Waals surface area contributed by atoms with Gasteiger partial charge >= 0.3 is 0 Å². The number of ether oxygens (including phenoxy) is 3. The second-order valence-electron chi connectivity index (χ2n) is 6.08. The molecule has 0 N–H and O–H groups in total. The molecule has 0 aliphatic rings. The fourth-order valence-electron chi connectivity index (χ4n) is 2.89. The highest BCUT2D eigenvalue weighted by atomic mass is 16.5. The molecule has 6 nitrogen and oxygen atoms in total. The lowest BCUT2D eigenvalue weighted by atomic mass is 10.1. The van der Waals surface area contributed by atoms with Gasteiger partial charge in [-0.3, -0.25) is 9.79 Å². The van der Waals surface area contributed by atoms with Crippen LogP contribution in [0.4, 0.5) is 0 Å². The van der Waals surface area contributed by atoms with Crippen LogP contribution >= 0.6 is 0 Å².